The maximum atomic E-state index is 12.5. The number of carbonyl (C=O) groups excluding carboxylic acids is 2. The third-order valence-corrected chi connectivity index (χ3v) is 3.21. The van der Waals surface area contributed by atoms with Gasteiger partial charge in [-0.25, -0.2) is 0 Å². The highest BCUT2D eigenvalue weighted by molar-refractivity contribution is 5.99. The van der Waals surface area contributed by atoms with Crippen molar-refractivity contribution in [3.05, 3.63) is 23.8 Å². The molecule has 23 heavy (non-hydrogen) atoms. The Labute approximate surface area is 136 Å². The number of likely N-dealkylation sites (N-methyl/N-ethyl adjacent to an activating group) is 1. The molecule has 0 saturated carbocycles. The molecule has 1 N–H and O–H groups in total. The van der Waals surface area contributed by atoms with E-state index in [-0.39, 0.29) is 18.4 Å². The lowest BCUT2D eigenvalue weighted by Crippen LogP contribution is -2.39. The number of ether oxygens (including phenoxy) is 3. The largest absolute Gasteiger partial charge is 0.497 e. The minimum absolute atomic E-state index is 0.0355. The molecule has 0 bridgehead atoms. The van der Waals surface area contributed by atoms with Crippen LogP contribution in [-0.2, 0) is 9.53 Å². The van der Waals surface area contributed by atoms with Crippen molar-refractivity contribution in [1.82, 2.24) is 10.2 Å². The third kappa shape index (κ3) is 5.78. The molecular weight excluding hydrogens is 300 g/mol. The van der Waals surface area contributed by atoms with Gasteiger partial charge < -0.3 is 24.4 Å². The summed E-state index contributed by atoms with van der Waals surface area (Å²) in [5.74, 6) is 0.446. The second-order valence-electron chi connectivity index (χ2n) is 4.92. The number of hydrogen-bond donors (Lipinski definition) is 1. The van der Waals surface area contributed by atoms with Gasteiger partial charge in [0.2, 0.25) is 5.91 Å². The summed E-state index contributed by atoms with van der Waals surface area (Å²) < 4.78 is 15.2. The molecule has 0 aliphatic heterocycles. The highest BCUT2D eigenvalue weighted by Gasteiger charge is 2.19. The molecule has 0 aliphatic rings. The Morgan fingerprint density at radius 1 is 1.17 bits per heavy atom. The minimum atomic E-state index is -0.312. The Morgan fingerprint density at radius 3 is 2.52 bits per heavy atom. The van der Waals surface area contributed by atoms with Crippen LogP contribution < -0.4 is 14.8 Å². The summed E-state index contributed by atoms with van der Waals surface area (Å²) in [5.41, 5.74) is 0.349. The van der Waals surface area contributed by atoms with Gasteiger partial charge in [-0.05, 0) is 24.6 Å². The predicted molar refractivity (Wildman–Crippen MR) is 86.0 cm³/mol. The highest BCUT2D eigenvalue weighted by atomic mass is 16.5. The van der Waals surface area contributed by atoms with Gasteiger partial charge in [-0.2, -0.15) is 0 Å². The number of hydrogen-bond acceptors (Lipinski definition) is 5. The van der Waals surface area contributed by atoms with Crippen LogP contribution in [0, 0.1) is 0 Å². The Hall–Kier alpha value is -2.28. The summed E-state index contributed by atoms with van der Waals surface area (Å²) in [6.07, 6.45) is 0.726. The van der Waals surface area contributed by atoms with Gasteiger partial charge in [-0.1, -0.05) is 0 Å². The van der Waals surface area contributed by atoms with Crippen molar-refractivity contribution in [1.29, 1.82) is 0 Å². The van der Waals surface area contributed by atoms with Crippen LogP contribution in [0.5, 0.6) is 11.5 Å². The third-order valence-electron chi connectivity index (χ3n) is 3.21. The molecule has 0 saturated heterocycles. The van der Waals surface area contributed by atoms with Gasteiger partial charge in [0.15, 0.2) is 0 Å². The lowest BCUT2D eigenvalue weighted by atomic mass is 10.1. The maximum Gasteiger partial charge on any atom is 0.257 e. The topological polar surface area (TPSA) is 77.1 Å². The molecule has 0 unspecified atom stereocenters. The van der Waals surface area contributed by atoms with Crippen molar-refractivity contribution in [3.8, 4) is 11.5 Å². The Kier molecular flexibility index (Phi) is 7.90. The fourth-order valence-corrected chi connectivity index (χ4v) is 1.97. The average molecular weight is 324 g/mol. The number of nitrogens with zero attached hydrogens (tertiary/aromatic N) is 1. The first-order chi connectivity index (χ1) is 11.0. The summed E-state index contributed by atoms with van der Waals surface area (Å²) in [6, 6.07) is 4.96. The molecule has 0 heterocycles. The standard InChI is InChI=1S/C16H24N2O5/c1-18(11-15(19)17-8-5-9-21-2)16(20)13-10-12(22-3)6-7-14(13)23-4/h6-7,10H,5,8-9,11H2,1-4H3,(H,17,19). The molecule has 0 fully saturated rings. The van der Waals surface area contributed by atoms with Crippen molar-refractivity contribution in [2.75, 3.05) is 48.1 Å². The quantitative estimate of drug-likeness (QED) is 0.684. The Bertz CT molecular complexity index is 533. The molecular formula is C16H24N2O5. The molecule has 0 aromatic heterocycles. The smallest absolute Gasteiger partial charge is 0.257 e. The Morgan fingerprint density at radius 2 is 1.91 bits per heavy atom. The van der Waals surface area contributed by atoms with Gasteiger partial charge in [0, 0.05) is 27.3 Å². The summed E-state index contributed by atoms with van der Waals surface area (Å²) in [4.78, 5) is 25.7. The minimum Gasteiger partial charge on any atom is -0.497 e. The monoisotopic (exact) mass is 324 g/mol. The van der Waals surface area contributed by atoms with E-state index in [0.717, 1.165) is 6.42 Å². The normalized spacial score (nSPS) is 10.1. The maximum absolute atomic E-state index is 12.5. The lowest BCUT2D eigenvalue weighted by molar-refractivity contribution is -0.121. The molecule has 2 amide bonds. The lowest BCUT2D eigenvalue weighted by Gasteiger charge is -2.18. The first-order valence-electron chi connectivity index (χ1n) is 7.26. The van der Waals surface area contributed by atoms with E-state index < -0.39 is 0 Å². The molecule has 1 rings (SSSR count). The van der Waals surface area contributed by atoms with E-state index in [1.54, 1.807) is 32.4 Å². The number of rotatable bonds is 9. The van der Waals surface area contributed by atoms with Gasteiger partial charge in [-0.15, -0.1) is 0 Å². The average Bonchev–Trinajstić information content (AvgIpc) is 2.57. The summed E-state index contributed by atoms with van der Waals surface area (Å²) >= 11 is 0. The van der Waals surface area contributed by atoms with E-state index >= 15 is 0 Å². The van der Waals surface area contributed by atoms with Crippen LogP contribution in [0.25, 0.3) is 0 Å². The van der Waals surface area contributed by atoms with Gasteiger partial charge in [-0.3, -0.25) is 9.59 Å². The molecule has 7 heteroatoms. The zero-order valence-electron chi connectivity index (χ0n) is 14.0. The Balaban J connectivity index is 2.67. The van der Waals surface area contributed by atoms with Crippen LogP contribution in [-0.4, -0.2) is 64.8 Å². The summed E-state index contributed by atoms with van der Waals surface area (Å²) in [6.45, 7) is 1.05. The van der Waals surface area contributed by atoms with Crippen LogP contribution in [0.15, 0.2) is 18.2 Å². The zero-order valence-corrected chi connectivity index (χ0v) is 14.0. The molecule has 1 aromatic rings. The van der Waals surface area contributed by atoms with E-state index in [0.29, 0.717) is 30.2 Å². The van der Waals surface area contributed by atoms with E-state index in [1.807, 2.05) is 0 Å². The van der Waals surface area contributed by atoms with E-state index in [4.69, 9.17) is 14.2 Å². The summed E-state index contributed by atoms with van der Waals surface area (Å²) in [7, 11) is 6.18. The predicted octanol–water partition coefficient (Wildman–Crippen LogP) is 0.929. The highest BCUT2D eigenvalue weighted by Crippen LogP contribution is 2.24. The van der Waals surface area contributed by atoms with Crippen LogP contribution >= 0.6 is 0 Å². The number of nitrogens with one attached hydrogen (secondary N) is 1. The van der Waals surface area contributed by atoms with Gasteiger partial charge in [0.25, 0.3) is 5.91 Å². The van der Waals surface area contributed by atoms with Gasteiger partial charge in [0.05, 0.1) is 26.3 Å². The second kappa shape index (κ2) is 9.68. The molecule has 0 atom stereocenters. The van der Waals surface area contributed by atoms with Gasteiger partial charge in [0.1, 0.15) is 11.5 Å². The van der Waals surface area contributed by atoms with Crippen molar-refractivity contribution in [2.45, 2.75) is 6.42 Å². The number of carbonyl (C=O) groups is 2. The van der Waals surface area contributed by atoms with Crippen LogP contribution in [0.1, 0.15) is 16.8 Å². The second-order valence-corrected chi connectivity index (χ2v) is 4.92. The van der Waals surface area contributed by atoms with Crippen molar-refractivity contribution in [3.63, 3.8) is 0 Å². The first-order valence-corrected chi connectivity index (χ1v) is 7.26. The van der Waals surface area contributed by atoms with Crippen molar-refractivity contribution >= 4 is 11.8 Å². The molecule has 7 nitrogen and oxygen atoms in total. The number of amides is 2. The fraction of sp³-hybridized carbons (Fsp3) is 0.500. The molecule has 1 aromatic carbocycles. The van der Waals surface area contributed by atoms with E-state index in [1.165, 1.54) is 19.1 Å². The van der Waals surface area contributed by atoms with Crippen LogP contribution in [0.4, 0.5) is 0 Å². The van der Waals surface area contributed by atoms with Crippen LogP contribution in [0.2, 0.25) is 0 Å². The number of benzene rings is 1. The number of methoxy groups -OCH3 is 3. The fourth-order valence-electron chi connectivity index (χ4n) is 1.97. The first kappa shape index (κ1) is 18.8. The van der Waals surface area contributed by atoms with E-state index in [9.17, 15) is 9.59 Å². The molecule has 0 aliphatic carbocycles. The van der Waals surface area contributed by atoms with E-state index in [2.05, 4.69) is 5.32 Å². The molecule has 0 spiro atoms. The SMILES string of the molecule is COCCCNC(=O)CN(C)C(=O)c1cc(OC)ccc1OC. The van der Waals surface area contributed by atoms with Crippen LogP contribution in [0.3, 0.4) is 0 Å². The molecule has 128 valence electrons. The van der Waals surface area contributed by atoms with Crippen molar-refractivity contribution < 1.29 is 23.8 Å². The summed E-state index contributed by atoms with van der Waals surface area (Å²) in [5, 5.41) is 2.74. The zero-order chi connectivity index (χ0) is 17.2. The van der Waals surface area contributed by atoms with Crippen molar-refractivity contribution in [2.24, 2.45) is 0 Å². The molecule has 0 radical (unpaired) electrons. The van der Waals surface area contributed by atoms with Gasteiger partial charge >= 0.3 is 0 Å².